The second-order valence-electron chi connectivity index (χ2n) is 11.0. The summed E-state index contributed by atoms with van der Waals surface area (Å²) in [7, 11) is 0. The maximum Gasteiger partial charge on any atom is 0.224 e. The first kappa shape index (κ1) is 24.9. The van der Waals surface area contributed by atoms with Crippen LogP contribution in [0.25, 0.3) is 20.8 Å². The van der Waals surface area contributed by atoms with Crippen LogP contribution in [-0.4, -0.2) is 60.2 Å². The predicted octanol–water partition coefficient (Wildman–Crippen LogP) is 4.19. The summed E-state index contributed by atoms with van der Waals surface area (Å²) in [5, 5.41) is 39.1. The van der Waals surface area contributed by atoms with Gasteiger partial charge in [0, 0.05) is 31.2 Å². The molecule has 0 bridgehead atoms. The summed E-state index contributed by atoms with van der Waals surface area (Å²) in [6.45, 7) is 2.55. The van der Waals surface area contributed by atoms with Crippen molar-refractivity contribution in [2.24, 2.45) is 11.8 Å². The molecule has 3 aromatic heterocycles. The molecule has 3 saturated carbocycles. The minimum Gasteiger partial charge on any atom is -0.396 e. The molecule has 6 rings (SSSR count). The van der Waals surface area contributed by atoms with Crippen molar-refractivity contribution in [3.05, 3.63) is 23.7 Å². The number of thiazole rings is 1. The molecule has 0 spiro atoms. The lowest BCUT2D eigenvalue weighted by Crippen LogP contribution is -2.48. The number of aryl methyl sites for hydroxylation is 1. The molecule has 37 heavy (non-hydrogen) atoms. The molecule has 3 fully saturated rings. The Morgan fingerprint density at radius 3 is 2.65 bits per heavy atom. The lowest BCUT2D eigenvalue weighted by molar-refractivity contribution is -0.0545. The molecule has 198 valence electrons. The molecule has 0 radical (unpaired) electrons. The van der Waals surface area contributed by atoms with Crippen molar-refractivity contribution in [1.29, 1.82) is 0 Å². The molecule has 0 aliphatic heterocycles. The Morgan fingerprint density at radius 2 is 1.92 bits per heavy atom. The smallest absolute Gasteiger partial charge is 0.224 e. The highest BCUT2D eigenvalue weighted by molar-refractivity contribution is 7.21. The molecular formula is C27H36N6O3S. The fraction of sp³-hybridized carbons (Fsp3) is 0.630. The van der Waals surface area contributed by atoms with E-state index in [2.05, 4.69) is 15.6 Å². The third-order valence-electron chi connectivity index (χ3n) is 8.32. The molecular weight excluding hydrogens is 488 g/mol. The number of hydrogen-bond donors (Lipinski definition) is 5. The highest BCUT2D eigenvalue weighted by Gasteiger charge is 2.47. The van der Waals surface area contributed by atoms with E-state index in [4.69, 9.17) is 15.0 Å². The summed E-state index contributed by atoms with van der Waals surface area (Å²) in [6.07, 6.45) is 10.2. The predicted molar refractivity (Wildman–Crippen MR) is 145 cm³/mol. The van der Waals surface area contributed by atoms with Gasteiger partial charge >= 0.3 is 0 Å². The minimum absolute atomic E-state index is 0.177. The van der Waals surface area contributed by atoms with Gasteiger partial charge in [-0.1, -0.05) is 25.7 Å². The van der Waals surface area contributed by atoms with Crippen LogP contribution in [0.15, 0.2) is 12.3 Å². The first-order valence-corrected chi connectivity index (χ1v) is 14.4. The fourth-order valence-corrected chi connectivity index (χ4v) is 7.02. The zero-order valence-electron chi connectivity index (χ0n) is 21.3. The number of rotatable bonds is 9. The van der Waals surface area contributed by atoms with E-state index < -0.39 is 11.8 Å². The standard InChI is InChI=1S/C27H36N6O3S/c1-15-20(25-31-22-19(37-25)10-13-28-21(22)17-6-7-17)24(33-27(36)11-8-18(14-34)23(27)35)32-26(30-15)29-12-9-16-4-2-3-5-16/h10,13,16-18,23,34-36H,2-9,11-12,14H2,1H3,(H2,29,30,32,33). The molecule has 3 unspecified atom stereocenters. The molecule has 9 nitrogen and oxygen atoms in total. The summed E-state index contributed by atoms with van der Waals surface area (Å²) in [5.74, 6) is 1.79. The van der Waals surface area contributed by atoms with E-state index in [9.17, 15) is 15.3 Å². The Labute approximate surface area is 220 Å². The maximum atomic E-state index is 11.4. The van der Waals surface area contributed by atoms with Gasteiger partial charge in [0.15, 0.2) is 5.72 Å². The van der Waals surface area contributed by atoms with Crippen LogP contribution in [-0.2, 0) is 0 Å². The lowest BCUT2D eigenvalue weighted by Gasteiger charge is -2.31. The molecule has 0 aromatic carbocycles. The largest absolute Gasteiger partial charge is 0.396 e. The van der Waals surface area contributed by atoms with Crippen molar-refractivity contribution in [3.8, 4) is 10.6 Å². The van der Waals surface area contributed by atoms with E-state index >= 15 is 0 Å². The summed E-state index contributed by atoms with van der Waals surface area (Å²) < 4.78 is 1.07. The quantitative estimate of drug-likeness (QED) is 0.261. The Balaban J connectivity index is 1.35. The lowest BCUT2D eigenvalue weighted by atomic mass is 10.0. The van der Waals surface area contributed by atoms with E-state index in [1.54, 1.807) is 11.3 Å². The van der Waals surface area contributed by atoms with Crippen LogP contribution in [0.2, 0.25) is 0 Å². The number of fused-ring (bicyclic) bond motifs is 1. The van der Waals surface area contributed by atoms with Gasteiger partial charge in [0.25, 0.3) is 0 Å². The third-order valence-corrected chi connectivity index (χ3v) is 9.35. The Kier molecular flexibility index (Phi) is 6.77. The van der Waals surface area contributed by atoms with Crippen LogP contribution >= 0.6 is 11.3 Å². The number of pyridine rings is 1. The van der Waals surface area contributed by atoms with Gasteiger partial charge < -0.3 is 26.0 Å². The number of anilines is 2. The van der Waals surface area contributed by atoms with Crippen molar-refractivity contribution in [2.45, 2.75) is 82.5 Å². The van der Waals surface area contributed by atoms with Crippen molar-refractivity contribution >= 4 is 33.3 Å². The molecule has 0 saturated heterocycles. The highest BCUT2D eigenvalue weighted by Crippen LogP contribution is 2.45. The van der Waals surface area contributed by atoms with Crippen LogP contribution in [0.1, 0.15) is 75.1 Å². The number of hydrogen-bond acceptors (Lipinski definition) is 10. The number of nitrogens with one attached hydrogen (secondary N) is 2. The SMILES string of the molecule is Cc1nc(NCCC2CCCC2)nc(NC2(O)CCC(CO)C2O)c1-c1nc2c(C3CC3)nccc2s1. The van der Waals surface area contributed by atoms with Gasteiger partial charge in [0.2, 0.25) is 5.95 Å². The average Bonchev–Trinajstić information content (AvgIpc) is 3.28. The molecule has 10 heteroatoms. The Hall–Kier alpha value is -2.40. The van der Waals surface area contributed by atoms with Crippen LogP contribution in [0.3, 0.4) is 0 Å². The molecule has 3 aliphatic rings. The summed E-state index contributed by atoms with van der Waals surface area (Å²) in [4.78, 5) is 19.2. The molecule has 3 aliphatic carbocycles. The number of nitrogens with zero attached hydrogens (tertiary/aromatic N) is 4. The van der Waals surface area contributed by atoms with Crippen LogP contribution in [0.5, 0.6) is 0 Å². The highest BCUT2D eigenvalue weighted by atomic mass is 32.1. The van der Waals surface area contributed by atoms with Gasteiger partial charge in [-0.15, -0.1) is 11.3 Å². The molecule has 0 amide bonds. The van der Waals surface area contributed by atoms with Gasteiger partial charge in [-0.05, 0) is 51.0 Å². The number of aliphatic hydroxyl groups excluding tert-OH is 2. The number of aliphatic hydroxyl groups is 3. The zero-order valence-corrected chi connectivity index (χ0v) is 22.1. The Morgan fingerprint density at radius 1 is 1.11 bits per heavy atom. The molecule has 3 aromatic rings. The van der Waals surface area contributed by atoms with Crippen LogP contribution < -0.4 is 10.6 Å². The summed E-state index contributed by atoms with van der Waals surface area (Å²) in [5.41, 5.74) is 1.84. The van der Waals surface area contributed by atoms with Crippen molar-refractivity contribution in [1.82, 2.24) is 19.9 Å². The van der Waals surface area contributed by atoms with E-state index in [1.165, 1.54) is 25.7 Å². The second kappa shape index (κ2) is 10.1. The first-order chi connectivity index (χ1) is 17.9. The maximum absolute atomic E-state index is 11.4. The van der Waals surface area contributed by atoms with Crippen molar-refractivity contribution in [3.63, 3.8) is 0 Å². The third kappa shape index (κ3) is 4.92. The van der Waals surface area contributed by atoms with Crippen LogP contribution in [0, 0.1) is 18.8 Å². The average molecular weight is 525 g/mol. The van der Waals surface area contributed by atoms with E-state index in [0.29, 0.717) is 30.5 Å². The molecule has 3 atom stereocenters. The zero-order chi connectivity index (χ0) is 25.6. The van der Waals surface area contributed by atoms with Crippen LogP contribution in [0.4, 0.5) is 11.8 Å². The van der Waals surface area contributed by atoms with E-state index in [1.807, 2.05) is 19.2 Å². The van der Waals surface area contributed by atoms with E-state index in [0.717, 1.165) is 63.9 Å². The molecule has 5 N–H and O–H groups in total. The van der Waals surface area contributed by atoms with Gasteiger partial charge in [-0.25, -0.2) is 9.97 Å². The van der Waals surface area contributed by atoms with Crippen molar-refractivity contribution < 1.29 is 15.3 Å². The fourth-order valence-electron chi connectivity index (χ4n) is 5.96. The Bertz CT molecular complexity index is 1270. The summed E-state index contributed by atoms with van der Waals surface area (Å²) in [6, 6.07) is 1.99. The van der Waals surface area contributed by atoms with Gasteiger partial charge in [0.05, 0.1) is 21.7 Å². The second-order valence-corrected chi connectivity index (χ2v) is 12.1. The summed E-state index contributed by atoms with van der Waals surface area (Å²) >= 11 is 1.57. The van der Waals surface area contributed by atoms with Crippen molar-refractivity contribution in [2.75, 3.05) is 23.8 Å². The number of aromatic nitrogens is 4. The monoisotopic (exact) mass is 524 g/mol. The minimum atomic E-state index is -1.60. The molecule has 3 heterocycles. The van der Waals surface area contributed by atoms with Gasteiger partial charge in [-0.3, -0.25) is 4.98 Å². The first-order valence-electron chi connectivity index (χ1n) is 13.6. The topological polar surface area (TPSA) is 136 Å². The normalized spacial score (nSPS) is 26.3. The van der Waals surface area contributed by atoms with E-state index in [-0.39, 0.29) is 12.5 Å². The van der Waals surface area contributed by atoms with Gasteiger partial charge in [-0.2, -0.15) is 4.98 Å². The van der Waals surface area contributed by atoms with Gasteiger partial charge in [0.1, 0.15) is 22.4 Å².